The molecule has 0 bridgehead atoms. The number of pyridine rings is 1. The summed E-state index contributed by atoms with van der Waals surface area (Å²) in [5.41, 5.74) is 2.32. The minimum Gasteiger partial charge on any atom is -0.379 e. The molecule has 6 rings (SSSR count). The van der Waals surface area contributed by atoms with Crippen LogP contribution >= 0.6 is 11.6 Å². The van der Waals surface area contributed by atoms with Crippen LogP contribution in [0.15, 0.2) is 30.6 Å². The average Bonchev–Trinajstić information content (AvgIpc) is 3.65. The normalized spacial score (nSPS) is 23.3. The molecule has 0 unspecified atom stereocenters. The first-order chi connectivity index (χ1) is 19.0. The van der Waals surface area contributed by atoms with Gasteiger partial charge in [-0.2, -0.15) is 0 Å². The summed E-state index contributed by atoms with van der Waals surface area (Å²) < 4.78 is 1.59. The van der Waals surface area contributed by atoms with Crippen molar-refractivity contribution in [1.82, 2.24) is 30.2 Å². The van der Waals surface area contributed by atoms with Crippen LogP contribution in [0.1, 0.15) is 68.3 Å². The number of nitrogens with one attached hydrogen (secondary N) is 5. The van der Waals surface area contributed by atoms with Crippen molar-refractivity contribution in [1.29, 1.82) is 0 Å². The number of nitrogens with zero attached hydrogens (tertiary/aromatic N) is 4. The predicted octanol–water partition coefficient (Wildman–Crippen LogP) is 3.59. The Bertz CT molecular complexity index is 1340. The lowest BCUT2D eigenvalue weighted by Crippen LogP contribution is -2.50. The van der Waals surface area contributed by atoms with Crippen LogP contribution in [0.25, 0.3) is 5.65 Å². The Morgan fingerprint density at radius 1 is 0.949 bits per heavy atom. The number of anilines is 3. The lowest BCUT2D eigenvalue weighted by molar-refractivity contribution is -0.124. The monoisotopic (exact) mass is 551 g/mol. The molecular formula is C27H34ClN9O2. The molecule has 1 atom stereocenters. The van der Waals surface area contributed by atoms with E-state index in [9.17, 15) is 9.59 Å². The number of hydrogen-bond donors (Lipinski definition) is 5. The molecule has 2 amide bonds. The Morgan fingerprint density at radius 3 is 2.46 bits per heavy atom. The summed E-state index contributed by atoms with van der Waals surface area (Å²) in [6.07, 6.45) is 12.1. The van der Waals surface area contributed by atoms with E-state index in [-0.39, 0.29) is 29.9 Å². The van der Waals surface area contributed by atoms with Crippen LogP contribution in [0.2, 0.25) is 5.15 Å². The standard InChI is InChI=1S/C27H34ClN9O2/c28-23-13-19(10-12-30-23)35-27(39)22-15-31-25-21(32-16-4-5-16)14-24(36-37(22)25)33-17-6-8-18(9-7-17)34-26(38)20-3-1-2-11-29-20/h10,12-18,20,29,32H,1-9,11H2,(H,33,36)(H,34,38)(H,30,35,39)/t17-,18-,20-/m0/s1. The van der Waals surface area contributed by atoms with Gasteiger partial charge in [-0.15, -0.1) is 5.10 Å². The molecule has 1 saturated heterocycles. The summed E-state index contributed by atoms with van der Waals surface area (Å²) in [6.45, 7) is 0.919. The molecular weight excluding hydrogens is 518 g/mol. The van der Waals surface area contributed by atoms with Crippen LogP contribution < -0.4 is 26.6 Å². The number of rotatable bonds is 8. The molecule has 3 aliphatic rings. The third-order valence-electron chi connectivity index (χ3n) is 7.67. The summed E-state index contributed by atoms with van der Waals surface area (Å²) in [4.78, 5) is 34.2. The molecule has 4 heterocycles. The third-order valence-corrected chi connectivity index (χ3v) is 7.88. The SMILES string of the molecule is O=C(Nc1ccnc(Cl)c1)c1cnc2c(NC3CC3)cc(N[C@H]3CC[C@H](NC(=O)[C@@H]4CCCCN4)CC3)nn12. The van der Waals surface area contributed by atoms with Crippen molar-refractivity contribution in [2.75, 3.05) is 22.5 Å². The number of carbonyl (C=O) groups excluding carboxylic acids is 2. The highest BCUT2D eigenvalue weighted by atomic mass is 35.5. The molecule has 3 fully saturated rings. The first-order valence-electron chi connectivity index (χ1n) is 13.9. The Hall–Kier alpha value is -3.44. The lowest BCUT2D eigenvalue weighted by Gasteiger charge is -2.32. The predicted molar refractivity (Wildman–Crippen MR) is 150 cm³/mol. The largest absolute Gasteiger partial charge is 0.379 e. The van der Waals surface area contributed by atoms with Crippen LogP contribution in [0.5, 0.6) is 0 Å². The highest BCUT2D eigenvalue weighted by Gasteiger charge is 2.28. The number of fused-ring (bicyclic) bond motifs is 1. The van der Waals surface area contributed by atoms with Gasteiger partial charge in [0, 0.05) is 36.1 Å². The van der Waals surface area contributed by atoms with Crippen LogP contribution in [0.3, 0.4) is 0 Å². The van der Waals surface area contributed by atoms with Gasteiger partial charge in [-0.25, -0.2) is 14.5 Å². The Morgan fingerprint density at radius 2 is 1.72 bits per heavy atom. The van der Waals surface area contributed by atoms with Gasteiger partial charge in [0.1, 0.15) is 11.0 Å². The summed E-state index contributed by atoms with van der Waals surface area (Å²) in [7, 11) is 0. The second kappa shape index (κ2) is 11.4. The molecule has 12 heteroatoms. The van der Waals surface area contributed by atoms with Gasteiger partial charge in [0.2, 0.25) is 5.91 Å². The maximum absolute atomic E-state index is 13.1. The van der Waals surface area contributed by atoms with E-state index >= 15 is 0 Å². The van der Waals surface area contributed by atoms with Crippen molar-refractivity contribution in [3.05, 3.63) is 41.4 Å². The van der Waals surface area contributed by atoms with E-state index in [0.717, 1.165) is 70.0 Å². The van der Waals surface area contributed by atoms with E-state index in [0.29, 0.717) is 34.0 Å². The zero-order valence-corrected chi connectivity index (χ0v) is 22.5. The maximum atomic E-state index is 13.1. The number of hydrogen-bond acceptors (Lipinski definition) is 8. The van der Waals surface area contributed by atoms with Gasteiger partial charge in [-0.05, 0) is 70.0 Å². The van der Waals surface area contributed by atoms with Crippen molar-refractivity contribution < 1.29 is 9.59 Å². The van der Waals surface area contributed by atoms with Crippen molar-refractivity contribution >= 4 is 46.3 Å². The Balaban J connectivity index is 1.14. The fourth-order valence-electron chi connectivity index (χ4n) is 5.39. The summed E-state index contributed by atoms with van der Waals surface area (Å²) >= 11 is 5.97. The van der Waals surface area contributed by atoms with Crippen molar-refractivity contribution in [2.45, 2.75) is 82.0 Å². The van der Waals surface area contributed by atoms with E-state index in [1.165, 1.54) is 12.4 Å². The van der Waals surface area contributed by atoms with E-state index in [4.69, 9.17) is 16.7 Å². The minimum absolute atomic E-state index is 0.0555. The van der Waals surface area contributed by atoms with Crippen LogP contribution in [0.4, 0.5) is 17.2 Å². The quantitative estimate of drug-likeness (QED) is 0.268. The van der Waals surface area contributed by atoms with Crippen LogP contribution in [-0.4, -0.2) is 62.1 Å². The summed E-state index contributed by atoms with van der Waals surface area (Å²) in [5.74, 6) is 0.480. The number of amides is 2. The maximum Gasteiger partial charge on any atom is 0.276 e. The molecule has 39 heavy (non-hydrogen) atoms. The molecule has 0 aromatic carbocycles. The molecule has 0 spiro atoms. The smallest absolute Gasteiger partial charge is 0.276 e. The number of imidazole rings is 1. The highest BCUT2D eigenvalue weighted by molar-refractivity contribution is 6.29. The first-order valence-corrected chi connectivity index (χ1v) is 14.3. The van der Waals surface area contributed by atoms with Gasteiger partial charge in [-0.1, -0.05) is 18.0 Å². The summed E-state index contributed by atoms with van der Waals surface area (Å²) in [6, 6.07) is 6.03. The van der Waals surface area contributed by atoms with Gasteiger partial charge >= 0.3 is 0 Å². The molecule has 5 N–H and O–H groups in total. The first kappa shape index (κ1) is 25.8. The van der Waals surface area contributed by atoms with Crippen molar-refractivity contribution in [3.63, 3.8) is 0 Å². The lowest BCUT2D eigenvalue weighted by atomic mass is 9.90. The minimum atomic E-state index is -0.338. The van der Waals surface area contributed by atoms with E-state index in [2.05, 4.69) is 36.6 Å². The summed E-state index contributed by atoms with van der Waals surface area (Å²) in [5, 5.41) is 21.6. The van der Waals surface area contributed by atoms with Gasteiger partial charge in [0.15, 0.2) is 11.3 Å². The van der Waals surface area contributed by atoms with Crippen LogP contribution in [-0.2, 0) is 4.79 Å². The van der Waals surface area contributed by atoms with Gasteiger partial charge < -0.3 is 26.6 Å². The van der Waals surface area contributed by atoms with E-state index < -0.39 is 0 Å². The van der Waals surface area contributed by atoms with Gasteiger partial charge in [0.25, 0.3) is 5.91 Å². The topological polar surface area (TPSA) is 137 Å². The van der Waals surface area contributed by atoms with Gasteiger partial charge in [-0.3, -0.25) is 9.59 Å². The number of piperidine rings is 1. The molecule has 3 aromatic heterocycles. The van der Waals surface area contributed by atoms with E-state index in [1.54, 1.807) is 16.6 Å². The number of aromatic nitrogens is 4. The second-order valence-electron chi connectivity index (χ2n) is 10.8. The van der Waals surface area contributed by atoms with Crippen molar-refractivity contribution in [2.24, 2.45) is 0 Å². The molecule has 2 saturated carbocycles. The average molecular weight is 552 g/mol. The number of carbonyl (C=O) groups is 2. The van der Waals surface area contributed by atoms with Crippen molar-refractivity contribution in [3.8, 4) is 0 Å². The second-order valence-corrected chi connectivity index (χ2v) is 11.2. The molecule has 1 aliphatic heterocycles. The fourth-order valence-corrected chi connectivity index (χ4v) is 5.57. The number of halogens is 1. The molecule has 0 radical (unpaired) electrons. The fraction of sp³-hybridized carbons (Fsp3) is 0.519. The molecule has 3 aromatic rings. The molecule has 206 valence electrons. The molecule has 11 nitrogen and oxygen atoms in total. The molecule has 2 aliphatic carbocycles. The Labute approximate surface area is 231 Å². The van der Waals surface area contributed by atoms with Crippen LogP contribution in [0, 0.1) is 0 Å². The zero-order chi connectivity index (χ0) is 26.8. The van der Waals surface area contributed by atoms with E-state index in [1.807, 2.05) is 6.07 Å². The third kappa shape index (κ3) is 6.25. The highest BCUT2D eigenvalue weighted by Crippen LogP contribution is 2.30. The Kier molecular flexibility index (Phi) is 7.51. The zero-order valence-electron chi connectivity index (χ0n) is 21.8. The van der Waals surface area contributed by atoms with Gasteiger partial charge in [0.05, 0.1) is 17.9 Å².